The van der Waals surface area contributed by atoms with Crippen LogP contribution < -0.4 is 9.64 Å². The van der Waals surface area contributed by atoms with Crippen molar-refractivity contribution in [1.82, 2.24) is 0 Å². The van der Waals surface area contributed by atoms with Gasteiger partial charge in [0.15, 0.2) is 0 Å². The van der Waals surface area contributed by atoms with Crippen LogP contribution in [0.15, 0.2) is 18.2 Å². The third kappa shape index (κ3) is 3.48. The zero-order chi connectivity index (χ0) is 12.3. The van der Waals surface area contributed by atoms with Gasteiger partial charge in [-0.1, -0.05) is 6.07 Å². The van der Waals surface area contributed by atoms with Gasteiger partial charge in [-0.3, -0.25) is 0 Å². The van der Waals surface area contributed by atoms with Gasteiger partial charge in [0.25, 0.3) is 0 Å². The van der Waals surface area contributed by atoms with Crippen molar-refractivity contribution in [3.05, 3.63) is 23.8 Å². The number of ether oxygens (including phenoxy) is 1. The van der Waals surface area contributed by atoms with Gasteiger partial charge in [0, 0.05) is 31.4 Å². The van der Waals surface area contributed by atoms with Gasteiger partial charge in [0.1, 0.15) is 5.75 Å². The van der Waals surface area contributed by atoms with Crippen molar-refractivity contribution in [2.75, 3.05) is 19.0 Å². The van der Waals surface area contributed by atoms with Gasteiger partial charge in [0.2, 0.25) is 0 Å². The van der Waals surface area contributed by atoms with Crippen molar-refractivity contribution in [1.29, 1.82) is 0 Å². The molecule has 1 aromatic carbocycles. The predicted octanol–water partition coefficient (Wildman–Crippen LogP) is 3.39. The van der Waals surface area contributed by atoms with Gasteiger partial charge in [-0.05, 0) is 6.07 Å². The Balaban J connectivity index is 3.07. The van der Waals surface area contributed by atoms with E-state index in [4.69, 9.17) is 11.6 Å². The van der Waals surface area contributed by atoms with Crippen LogP contribution in [0.25, 0.3) is 0 Å². The monoisotopic (exact) mass is 253 g/mol. The normalized spacial score (nSPS) is 11.4. The summed E-state index contributed by atoms with van der Waals surface area (Å²) in [4.78, 5) is 1.68. The molecule has 0 unspecified atom stereocenters. The molecule has 0 atom stereocenters. The molecule has 1 aromatic rings. The smallest absolute Gasteiger partial charge is 0.405 e. The number of alkyl halides is 4. The highest BCUT2D eigenvalue weighted by atomic mass is 35.5. The van der Waals surface area contributed by atoms with Crippen molar-refractivity contribution < 1.29 is 17.9 Å². The first kappa shape index (κ1) is 13.0. The average molecular weight is 254 g/mol. The second-order valence-electron chi connectivity index (χ2n) is 3.37. The quantitative estimate of drug-likeness (QED) is 0.766. The molecule has 0 saturated carbocycles. The lowest BCUT2D eigenvalue weighted by Crippen LogP contribution is -2.18. The lowest BCUT2D eigenvalue weighted by Gasteiger charge is -2.17. The van der Waals surface area contributed by atoms with Gasteiger partial charge in [-0.2, -0.15) is 0 Å². The summed E-state index contributed by atoms with van der Waals surface area (Å²) in [6, 6.07) is 4.51. The Morgan fingerprint density at radius 1 is 1.31 bits per heavy atom. The van der Waals surface area contributed by atoms with Crippen molar-refractivity contribution in [2.45, 2.75) is 12.2 Å². The maximum Gasteiger partial charge on any atom is 0.573 e. The van der Waals surface area contributed by atoms with Crippen LogP contribution in [0.4, 0.5) is 18.9 Å². The second-order valence-corrected chi connectivity index (χ2v) is 3.64. The Labute approximate surface area is 96.6 Å². The Hall–Kier alpha value is -1.10. The summed E-state index contributed by atoms with van der Waals surface area (Å²) in [6.07, 6.45) is -4.70. The fourth-order valence-electron chi connectivity index (χ4n) is 1.15. The number of hydrogen-bond acceptors (Lipinski definition) is 2. The molecule has 0 radical (unpaired) electrons. The molecule has 0 aromatic heterocycles. The van der Waals surface area contributed by atoms with Crippen LogP contribution in [0, 0.1) is 0 Å². The molecule has 1 rings (SSSR count). The summed E-state index contributed by atoms with van der Waals surface area (Å²) in [6.45, 7) is 0. The van der Waals surface area contributed by atoms with Gasteiger partial charge >= 0.3 is 6.36 Å². The van der Waals surface area contributed by atoms with Gasteiger partial charge in [-0.15, -0.1) is 24.8 Å². The van der Waals surface area contributed by atoms with Crippen LogP contribution in [0.5, 0.6) is 5.75 Å². The highest BCUT2D eigenvalue weighted by Crippen LogP contribution is 2.30. The summed E-state index contributed by atoms with van der Waals surface area (Å²) < 4.78 is 40.2. The largest absolute Gasteiger partial charge is 0.573 e. The molecule has 0 amide bonds. The molecule has 0 saturated heterocycles. The van der Waals surface area contributed by atoms with E-state index in [9.17, 15) is 13.2 Å². The summed E-state index contributed by atoms with van der Waals surface area (Å²) in [5.41, 5.74) is 0.928. The number of hydrogen-bond donors (Lipinski definition) is 0. The summed E-state index contributed by atoms with van der Waals surface area (Å²) in [5.74, 6) is -0.284. The van der Waals surface area contributed by atoms with Gasteiger partial charge in [0.05, 0.1) is 5.88 Å². The number of rotatable bonds is 3. The summed E-state index contributed by atoms with van der Waals surface area (Å²) in [5, 5.41) is 0. The first-order valence-electron chi connectivity index (χ1n) is 4.45. The SMILES string of the molecule is CN(C)c1ccc(CCl)c(OC(F)(F)F)c1. The number of anilines is 1. The Morgan fingerprint density at radius 2 is 1.94 bits per heavy atom. The molecule has 0 aliphatic carbocycles. The Kier molecular flexibility index (Phi) is 3.91. The number of halogens is 4. The third-order valence-electron chi connectivity index (χ3n) is 1.94. The maximum atomic E-state index is 12.1. The average Bonchev–Trinajstić information content (AvgIpc) is 2.15. The first-order valence-corrected chi connectivity index (χ1v) is 4.99. The van der Waals surface area contributed by atoms with E-state index in [1.54, 1.807) is 25.1 Å². The Bertz CT molecular complexity index is 366. The van der Waals surface area contributed by atoms with E-state index in [0.29, 0.717) is 11.3 Å². The molecule has 0 aliphatic heterocycles. The van der Waals surface area contributed by atoms with E-state index in [-0.39, 0.29) is 11.6 Å². The van der Waals surface area contributed by atoms with Crippen LogP contribution in [0.2, 0.25) is 0 Å². The van der Waals surface area contributed by atoms with E-state index < -0.39 is 6.36 Å². The van der Waals surface area contributed by atoms with Crippen molar-refractivity contribution in [2.24, 2.45) is 0 Å². The van der Waals surface area contributed by atoms with Crippen LogP contribution in [-0.2, 0) is 5.88 Å². The molecular weight excluding hydrogens is 243 g/mol. The van der Waals surface area contributed by atoms with E-state index in [0.717, 1.165) is 0 Å². The van der Waals surface area contributed by atoms with Crippen molar-refractivity contribution in [3.8, 4) is 5.75 Å². The summed E-state index contributed by atoms with van der Waals surface area (Å²) >= 11 is 5.53. The van der Waals surface area contributed by atoms with Crippen molar-refractivity contribution in [3.63, 3.8) is 0 Å². The molecule has 16 heavy (non-hydrogen) atoms. The zero-order valence-corrected chi connectivity index (χ0v) is 9.56. The summed E-state index contributed by atoms with van der Waals surface area (Å²) in [7, 11) is 3.46. The molecule has 0 bridgehead atoms. The topological polar surface area (TPSA) is 12.5 Å². The van der Waals surface area contributed by atoms with Crippen LogP contribution in [0.1, 0.15) is 5.56 Å². The minimum atomic E-state index is -4.70. The van der Waals surface area contributed by atoms with Crippen LogP contribution in [-0.4, -0.2) is 20.5 Å². The molecule has 90 valence electrons. The number of benzene rings is 1. The highest BCUT2D eigenvalue weighted by Gasteiger charge is 2.32. The first-order chi connectivity index (χ1) is 7.33. The zero-order valence-electron chi connectivity index (χ0n) is 8.81. The number of nitrogens with zero attached hydrogens (tertiary/aromatic N) is 1. The molecule has 0 heterocycles. The van der Waals surface area contributed by atoms with E-state index >= 15 is 0 Å². The molecular formula is C10H11ClF3NO. The predicted molar refractivity (Wildman–Crippen MR) is 57.0 cm³/mol. The Morgan fingerprint density at radius 3 is 2.38 bits per heavy atom. The minimum Gasteiger partial charge on any atom is -0.405 e. The minimum absolute atomic E-state index is 0.0286. The van der Waals surface area contributed by atoms with E-state index in [1.165, 1.54) is 12.1 Å². The highest BCUT2D eigenvalue weighted by molar-refractivity contribution is 6.17. The van der Waals surface area contributed by atoms with Crippen LogP contribution >= 0.6 is 11.6 Å². The fourth-order valence-corrected chi connectivity index (χ4v) is 1.37. The van der Waals surface area contributed by atoms with Gasteiger partial charge < -0.3 is 9.64 Å². The molecule has 0 spiro atoms. The van der Waals surface area contributed by atoms with E-state index in [1.807, 2.05) is 0 Å². The fraction of sp³-hybridized carbons (Fsp3) is 0.400. The third-order valence-corrected chi connectivity index (χ3v) is 2.22. The van der Waals surface area contributed by atoms with Crippen LogP contribution in [0.3, 0.4) is 0 Å². The molecule has 6 heteroatoms. The lowest BCUT2D eigenvalue weighted by molar-refractivity contribution is -0.274. The maximum absolute atomic E-state index is 12.1. The molecule has 0 fully saturated rings. The molecule has 0 N–H and O–H groups in total. The lowest BCUT2D eigenvalue weighted by atomic mass is 10.2. The molecule has 0 aliphatic rings. The van der Waals surface area contributed by atoms with Gasteiger partial charge in [-0.25, -0.2) is 0 Å². The van der Waals surface area contributed by atoms with Crippen molar-refractivity contribution >= 4 is 17.3 Å². The standard InChI is InChI=1S/C10H11ClF3NO/c1-15(2)8-4-3-7(6-11)9(5-8)16-10(12,13)14/h3-5H,6H2,1-2H3. The van der Waals surface area contributed by atoms with E-state index in [2.05, 4.69) is 4.74 Å². The second kappa shape index (κ2) is 4.82. The molecule has 2 nitrogen and oxygen atoms in total.